The van der Waals surface area contributed by atoms with Gasteiger partial charge in [-0.25, -0.2) is 8.42 Å². The van der Waals surface area contributed by atoms with Crippen molar-refractivity contribution < 1.29 is 8.42 Å². The van der Waals surface area contributed by atoms with E-state index in [1.165, 1.54) is 0 Å². The summed E-state index contributed by atoms with van der Waals surface area (Å²) in [6.07, 6.45) is 1.33. The van der Waals surface area contributed by atoms with E-state index in [0.717, 1.165) is 6.42 Å². The molecule has 0 bridgehead atoms. The van der Waals surface area contributed by atoms with Crippen molar-refractivity contribution in [1.29, 1.82) is 0 Å². The van der Waals surface area contributed by atoms with E-state index in [0.29, 0.717) is 11.3 Å². The number of sulfone groups is 1. The lowest BCUT2D eigenvalue weighted by Crippen LogP contribution is -2.20. The molecule has 1 atom stereocenters. The quantitative estimate of drug-likeness (QED) is 0.656. The van der Waals surface area contributed by atoms with Crippen molar-refractivity contribution in [2.45, 2.75) is 29.9 Å². The van der Waals surface area contributed by atoms with Crippen LogP contribution >= 0.6 is 0 Å². The maximum Gasteiger partial charge on any atom is 0.192 e. The predicted molar refractivity (Wildman–Crippen MR) is 69.2 cm³/mol. The van der Waals surface area contributed by atoms with Gasteiger partial charge in [0.25, 0.3) is 0 Å². The van der Waals surface area contributed by atoms with Crippen LogP contribution in [0.5, 0.6) is 0 Å². The first kappa shape index (κ1) is 13.6. The molecule has 0 saturated carbocycles. The molecule has 1 N–H and O–H groups in total. The first-order valence-corrected chi connectivity index (χ1v) is 7.13. The van der Waals surface area contributed by atoms with Gasteiger partial charge in [-0.1, -0.05) is 37.5 Å². The van der Waals surface area contributed by atoms with Gasteiger partial charge in [0.1, 0.15) is 5.25 Å². The molecular weight excluding hydrogens is 234 g/mol. The monoisotopic (exact) mass is 251 g/mol. The Bertz CT molecular complexity index is 497. The van der Waals surface area contributed by atoms with Crippen molar-refractivity contribution in [3.8, 4) is 12.0 Å². The second kappa shape index (κ2) is 6.31. The third kappa shape index (κ3) is 3.50. The van der Waals surface area contributed by atoms with E-state index in [1.54, 1.807) is 37.4 Å². The Morgan fingerprint density at radius 2 is 1.94 bits per heavy atom. The standard InChI is InChI=1S/C13H17NO2S/c1-3-7-12(10-11-14-2)17(15,16)13-8-5-4-6-9-13/h4-6,8-9,12,14H,3,7H2,1-2H3. The number of hydrogen-bond acceptors (Lipinski definition) is 3. The van der Waals surface area contributed by atoms with Gasteiger partial charge >= 0.3 is 0 Å². The van der Waals surface area contributed by atoms with Crippen LogP contribution < -0.4 is 5.32 Å². The van der Waals surface area contributed by atoms with Crippen LogP contribution in [-0.4, -0.2) is 20.7 Å². The molecule has 4 heteroatoms. The van der Waals surface area contributed by atoms with E-state index in [4.69, 9.17) is 0 Å². The second-order valence-electron chi connectivity index (χ2n) is 3.65. The van der Waals surface area contributed by atoms with Gasteiger partial charge in [0.2, 0.25) is 0 Å². The zero-order valence-corrected chi connectivity index (χ0v) is 10.9. The van der Waals surface area contributed by atoms with Crippen LogP contribution in [0.3, 0.4) is 0 Å². The normalized spacial score (nSPS) is 12.4. The molecule has 1 unspecified atom stereocenters. The summed E-state index contributed by atoms with van der Waals surface area (Å²) in [4.78, 5) is 0.337. The third-order valence-electron chi connectivity index (χ3n) is 2.36. The van der Waals surface area contributed by atoms with Gasteiger partial charge in [-0.2, -0.15) is 0 Å². The highest BCUT2D eigenvalue weighted by Gasteiger charge is 2.24. The van der Waals surface area contributed by atoms with Gasteiger partial charge in [-0.05, 0) is 18.6 Å². The maximum atomic E-state index is 12.3. The SMILES string of the molecule is CCCC(C#CNC)S(=O)(=O)c1ccccc1. The van der Waals surface area contributed by atoms with E-state index >= 15 is 0 Å². The van der Waals surface area contributed by atoms with Gasteiger partial charge in [0, 0.05) is 13.1 Å². The van der Waals surface area contributed by atoms with Crippen LogP contribution in [0.25, 0.3) is 0 Å². The summed E-state index contributed by atoms with van der Waals surface area (Å²) < 4.78 is 24.6. The Morgan fingerprint density at radius 3 is 2.47 bits per heavy atom. The van der Waals surface area contributed by atoms with Crippen molar-refractivity contribution in [3.63, 3.8) is 0 Å². The number of rotatable bonds is 4. The maximum absolute atomic E-state index is 12.3. The molecule has 0 aliphatic carbocycles. The molecule has 0 aliphatic heterocycles. The smallest absolute Gasteiger partial charge is 0.192 e. The van der Waals surface area contributed by atoms with Crippen LogP contribution in [0.4, 0.5) is 0 Å². The number of hydrogen-bond donors (Lipinski definition) is 1. The van der Waals surface area contributed by atoms with E-state index in [-0.39, 0.29) is 0 Å². The summed E-state index contributed by atoms with van der Waals surface area (Å²) in [6, 6.07) is 11.1. The minimum absolute atomic E-state index is 0.337. The van der Waals surface area contributed by atoms with Crippen LogP contribution in [0.2, 0.25) is 0 Å². The van der Waals surface area contributed by atoms with Crippen molar-refractivity contribution in [2.24, 2.45) is 0 Å². The summed E-state index contributed by atoms with van der Waals surface area (Å²) in [7, 11) is -1.68. The fourth-order valence-corrected chi connectivity index (χ4v) is 3.12. The molecule has 0 amide bonds. The van der Waals surface area contributed by atoms with Crippen molar-refractivity contribution in [2.75, 3.05) is 7.05 Å². The molecule has 0 aromatic heterocycles. The van der Waals surface area contributed by atoms with Gasteiger partial charge in [0.05, 0.1) is 4.90 Å². The molecule has 0 radical (unpaired) electrons. The lowest BCUT2D eigenvalue weighted by Gasteiger charge is -2.10. The number of benzene rings is 1. The first-order valence-electron chi connectivity index (χ1n) is 5.59. The molecule has 3 nitrogen and oxygen atoms in total. The van der Waals surface area contributed by atoms with E-state index in [2.05, 4.69) is 17.3 Å². The first-order chi connectivity index (χ1) is 8.12. The van der Waals surface area contributed by atoms with Gasteiger partial charge in [-0.3, -0.25) is 0 Å². The predicted octanol–water partition coefficient (Wildman–Crippen LogP) is 1.81. The molecule has 1 aromatic rings. The Morgan fingerprint density at radius 1 is 1.29 bits per heavy atom. The zero-order chi connectivity index (χ0) is 12.7. The summed E-state index contributed by atoms with van der Waals surface area (Å²) in [5.41, 5.74) is 0. The third-order valence-corrected chi connectivity index (χ3v) is 4.39. The molecule has 17 heavy (non-hydrogen) atoms. The fraction of sp³-hybridized carbons (Fsp3) is 0.385. The van der Waals surface area contributed by atoms with Crippen LogP contribution in [0, 0.1) is 12.0 Å². The Labute approximate surface area is 103 Å². The van der Waals surface area contributed by atoms with Gasteiger partial charge < -0.3 is 5.32 Å². The molecular formula is C13H17NO2S. The highest BCUT2D eigenvalue weighted by molar-refractivity contribution is 7.92. The highest BCUT2D eigenvalue weighted by Crippen LogP contribution is 2.18. The topological polar surface area (TPSA) is 46.2 Å². The largest absolute Gasteiger partial charge is 0.349 e. The van der Waals surface area contributed by atoms with Crippen LogP contribution in [-0.2, 0) is 9.84 Å². The average molecular weight is 251 g/mol. The van der Waals surface area contributed by atoms with Gasteiger partial charge in [0.15, 0.2) is 9.84 Å². The fourth-order valence-electron chi connectivity index (χ4n) is 1.49. The van der Waals surface area contributed by atoms with E-state index in [1.807, 2.05) is 6.92 Å². The molecule has 92 valence electrons. The van der Waals surface area contributed by atoms with Crippen LogP contribution in [0.15, 0.2) is 35.2 Å². The van der Waals surface area contributed by atoms with Crippen molar-refractivity contribution in [3.05, 3.63) is 30.3 Å². The molecule has 1 rings (SSSR count). The second-order valence-corrected chi connectivity index (χ2v) is 5.79. The summed E-state index contributed by atoms with van der Waals surface area (Å²) in [5, 5.41) is 2.02. The molecule has 0 saturated heterocycles. The number of nitrogens with one attached hydrogen (secondary N) is 1. The van der Waals surface area contributed by atoms with E-state index < -0.39 is 15.1 Å². The van der Waals surface area contributed by atoms with Crippen LogP contribution in [0.1, 0.15) is 19.8 Å². The van der Waals surface area contributed by atoms with Crippen molar-refractivity contribution >= 4 is 9.84 Å². The molecule has 0 heterocycles. The van der Waals surface area contributed by atoms with Crippen molar-refractivity contribution in [1.82, 2.24) is 5.32 Å². The lowest BCUT2D eigenvalue weighted by molar-refractivity contribution is 0.584. The average Bonchev–Trinajstić information content (AvgIpc) is 2.35. The Hall–Kier alpha value is -1.47. The Balaban J connectivity index is 3.09. The highest BCUT2D eigenvalue weighted by atomic mass is 32.2. The molecule has 0 fully saturated rings. The lowest BCUT2D eigenvalue weighted by atomic mass is 10.2. The summed E-state index contributed by atoms with van der Waals surface area (Å²) >= 11 is 0. The summed E-state index contributed by atoms with van der Waals surface area (Å²) in [5.74, 6) is 2.76. The molecule has 0 aliphatic rings. The zero-order valence-electron chi connectivity index (χ0n) is 10.1. The summed E-state index contributed by atoms with van der Waals surface area (Å²) in [6.45, 7) is 1.95. The van der Waals surface area contributed by atoms with Gasteiger partial charge in [-0.15, -0.1) is 0 Å². The molecule has 0 spiro atoms. The minimum atomic E-state index is -3.35. The Kier molecular flexibility index (Phi) is 5.05. The van der Waals surface area contributed by atoms with E-state index in [9.17, 15) is 8.42 Å². The minimum Gasteiger partial charge on any atom is -0.349 e. The molecule has 1 aromatic carbocycles.